The second kappa shape index (κ2) is 12.1. The summed E-state index contributed by atoms with van der Waals surface area (Å²) in [6, 6.07) is 5.46. The molecule has 0 bridgehead atoms. The Balaban J connectivity index is 0.00000576. The van der Waals surface area contributed by atoms with Gasteiger partial charge < -0.3 is 20.1 Å². The lowest BCUT2D eigenvalue weighted by Crippen LogP contribution is -2.38. The van der Waals surface area contributed by atoms with Gasteiger partial charge in [0, 0.05) is 31.9 Å². The molecular weight excluding hydrogens is 459 g/mol. The van der Waals surface area contributed by atoms with E-state index < -0.39 is 10.0 Å². The van der Waals surface area contributed by atoms with Crippen LogP contribution < -0.4 is 24.8 Å². The number of aliphatic imine (C=N–C) groups is 1. The average molecular weight is 486 g/mol. The number of ether oxygens (including phenoxy) is 2. The Morgan fingerprint density at radius 1 is 1.20 bits per heavy atom. The standard InChI is InChI=1S/C15H26N4O4S.HI/c1-5-23-14-11-12(7-8-13(14)22-4)19-15(16-3)17-9-10-18-24(20,21)6-2;/h7-8,11,18H,5-6,9-10H2,1-4H3,(H2,16,17,19);1H. The van der Waals surface area contributed by atoms with Gasteiger partial charge in [-0.05, 0) is 26.0 Å². The van der Waals surface area contributed by atoms with Crippen LogP contribution in [0.4, 0.5) is 5.69 Å². The number of anilines is 1. The summed E-state index contributed by atoms with van der Waals surface area (Å²) in [6.45, 7) is 4.72. The van der Waals surface area contributed by atoms with E-state index in [2.05, 4.69) is 20.3 Å². The van der Waals surface area contributed by atoms with Crippen molar-refractivity contribution in [3.8, 4) is 11.5 Å². The Bertz CT molecular complexity index is 653. The van der Waals surface area contributed by atoms with Crippen molar-refractivity contribution in [2.24, 2.45) is 4.99 Å². The molecule has 0 aromatic heterocycles. The summed E-state index contributed by atoms with van der Waals surface area (Å²) >= 11 is 0. The molecular formula is C15H27IN4O4S. The minimum atomic E-state index is -3.18. The van der Waals surface area contributed by atoms with Gasteiger partial charge in [0.05, 0.1) is 19.5 Å². The summed E-state index contributed by atoms with van der Waals surface area (Å²) in [7, 11) is 0.0401. The fraction of sp³-hybridized carbons (Fsp3) is 0.533. The number of nitrogens with one attached hydrogen (secondary N) is 3. The summed E-state index contributed by atoms with van der Waals surface area (Å²) < 4.78 is 36.0. The molecule has 0 fully saturated rings. The lowest BCUT2D eigenvalue weighted by Gasteiger charge is -2.14. The summed E-state index contributed by atoms with van der Waals surface area (Å²) in [6.07, 6.45) is 0. The highest BCUT2D eigenvalue weighted by atomic mass is 127. The zero-order valence-corrected chi connectivity index (χ0v) is 18.1. The highest BCUT2D eigenvalue weighted by Crippen LogP contribution is 2.30. The summed E-state index contributed by atoms with van der Waals surface area (Å²) in [4.78, 5) is 4.10. The Labute approximate surface area is 166 Å². The lowest BCUT2D eigenvalue weighted by atomic mass is 10.2. The van der Waals surface area contributed by atoms with Gasteiger partial charge in [0.15, 0.2) is 17.5 Å². The molecule has 0 aliphatic rings. The monoisotopic (exact) mass is 486 g/mol. The van der Waals surface area contributed by atoms with Gasteiger partial charge in [-0.3, -0.25) is 4.99 Å². The highest BCUT2D eigenvalue weighted by molar-refractivity contribution is 14.0. The molecule has 0 radical (unpaired) electrons. The number of halogens is 1. The molecule has 10 heteroatoms. The normalized spacial score (nSPS) is 11.4. The van der Waals surface area contributed by atoms with Gasteiger partial charge in [0.1, 0.15) is 0 Å². The number of benzene rings is 1. The molecule has 25 heavy (non-hydrogen) atoms. The maximum atomic E-state index is 11.4. The first-order valence-electron chi connectivity index (χ1n) is 7.71. The minimum Gasteiger partial charge on any atom is -0.493 e. The molecule has 0 aliphatic heterocycles. The minimum absolute atomic E-state index is 0. The molecule has 0 saturated heterocycles. The Kier molecular flexibility index (Phi) is 11.5. The zero-order valence-electron chi connectivity index (χ0n) is 15.0. The van der Waals surface area contributed by atoms with Crippen LogP contribution in [0.1, 0.15) is 13.8 Å². The van der Waals surface area contributed by atoms with E-state index in [0.29, 0.717) is 30.6 Å². The SMILES string of the molecule is CCOc1cc(NC(=NC)NCCNS(=O)(=O)CC)ccc1OC.I. The average Bonchev–Trinajstić information content (AvgIpc) is 2.58. The molecule has 1 rings (SSSR count). The maximum absolute atomic E-state index is 11.4. The first-order valence-corrected chi connectivity index (χ1v) is 9.36. The third-order valence-corrected chi connectivity index (χ3v) is 4.47. The van der Waals surface area contributed by atoms with E-state index in [-0.39, 0.29) is 36.3 Å². The molecule has 0 saturated carbocycles. The van der Waals surface area contributed by atoms with Crippen molar-refractivity contribution in [2.75, 3.05) is 44.9 Å². The molecule has 0 amide bonds. The second-order valence-electron chi connectivity index (χ2n) is 4.72. The largest absolute Gasteiger partial charge is 0.493 e. The van der Waals surface area contributed by atoms with Crippen LogP contribution in [0.5, 0.6) is 11.5 Å². The van der Waals surface area contributed by atoms with Crippen LogP contribution in [0.3, 0.4) is 0 Å². The quantitative estimate of drug-likeness (QED) is 0.212. The van der Waals surface area contributed by atoms with Gasteiger partial charge in [-0.25, -0.2) is 13.1 Å². The van der Waals surface area contributed by atoms with Crippen LogP contribution in [0.15, 0.2) is 23.2 Å². The van der Waals surface area contributed by atoms with Crippen LogP contribution in [0.2, 0.25) is 0 Å². The third kappa shape index (κ3) is 8.59. The van der Waals surface area contributed by atoms with Crippen molar-refractivity contribution >= 4 is 45.6 Å². The first kappa shape index (κ1) is 23.7. The highest BCUT2D eigenvalue weighted by Gasteiger charge is 2.08. The fourth-order valence-corrected chi connectivity index (χ4v) is 2.45. The number of guanidine groups is 1. The Morgan fingerprint density at radius 3 is 2.48 bits per heavy atom. The van der Waals surface area contributed by atoms with Crippen LogP contribution in [0.25, 0.3) is 0 Å². The molecule has 0 spiro atoms. The maximum Gasteiger partial charge on any atom is 0.211 e. The van der Waals surface area contributed by atoms with Crippen LogP contribution in [-0.4, -0.2) is 54.0 Å². The van der Waals surface area contributed by atoms with E-state index in [4.69, 9.17) is 9.47 Å². The second-order valence-corrected chi connectivity index (χ2v) is 6.82. The van der Waals surface area contributed by atoms with E-state index in [1.807, 2.05) is 19.1 Å². The van der Waals surface area contributed by atoms with Crippen molar-refractivity contribution in [1.29, 1.82) is 0 Å². The van der Waals surface area contributed by atoms with E-state index >= 15 is 0 Å². The summed E-state index contributed by atoms with van der Waals surface area (Å²) in [5.74, 6) is 1.88. The summed E-state index contributed by atoms with van der Waals surface area (Å²) in [5, 5.41) is 6.15. The van der Waals surface area contributed by atoms with Gasteiger partial charge in [0.2, 0.25) is 10.0 Å². The predicted octanol–water partition coefficient (Wildman–Crippen LogP) is 1.64. The van der Waals surface area contributed by atoms with E-state index in [0.717, 1.165) is 5.69 Å². The Hall–Kier alpha value is -1.27. The molecule has 1 aromatic carbocycles. The van der Waals surface area contributed by atoms with E-state index in [1.54, 1.807) is 27.1 Å². The first-order chi connectivity index (χ1) is 11.5. The molecule has 144 valence electrons. The van der Waals surface area contributed by atoms with E-state index in [1.165, 1.54) is 0 Å². The smallest absolute Gasteiger partial charge is 0.211 e. The lowest BCUT2D eigenvalue weighted by molar-refractivity contribution is 0.311. The molecule has 3 N–H and O–H groups in total. The van der Waals surface area contributed by atoms with Crippen LogP contribution in [-0.2, 0) is 10.0 Å². The number of methoxy groups -OCH3 is 1. The summed E-state index contributed by atoms with van der Waals surface area (Å²) in [5.41, 5.74) is 0.779. The van der Waals surface area contributed by atoms with Gasteiger partial charge >= 0.3 is 0 Å². The number of hydrogen-bond acceptors (Lipinski definition) is 5. The topological polar surface area (TPSA) is 101 Å². The molecule has 0 heterocycles. The molecule has 8 nitrogen and oxygen atoms in total. The van der Waals surface area contributed by atoms with Crippen molar-refractivity contribution in [1.82, 2.24) is 10.0 Å². The number of hydrogen-bond donors (Lipinski definition) is 3. The number of nitrogens with zero attached hydrogens (tertiary/aromatic N) is 1. The van der Waals surface area contributed by atoms with Crippen LogP contribution >= 0.6 is 24.0 Å². The zero-order chi connectivity index (χ0) is 18.0. The van der Waals surface area contributed by atoms with Gasteiger partial charge in [-0.2, -0.15) is 0 Å². The number of sulfonamides is 1. The number of rotatable bonds is 9. The van der Waals surface area contributed by atoms with Crippen molar-refractivity contribution in [2.45, 2.75) is 13.8 Å². The predicted molar refractivity (Wildman–Crippen MR) is 112 cm³/mol. The van der Waals surface area contributed by atoms with Gasteiger partial charge in [-0.15, -0.1) is 24.0 Å². The van der Waals surface area contributed by atoms with Crippen molar-refractivity contribution in [3.63, 3.8) is 0 Å². The molecule has 0 atom stereocenters. The fourth-order valence-electron chi connectivity index (χ4n) is 1.83. The van der Waals surface area contributed by atoms with Gasteiger partial charge in [0.25, 0.3) is 0 Å². The van der Waals surface area contributed by atoms with Crippen LogP contribution in [0, 0.1) is 0 Å². The molecule has 0 aliphatic carbocycles. The van der Waals surface area contributed by atoms with Gasteiger partial charge in [-0.1, -0.05) is 0 Å². The Morgan fingerprint density at radius 2 is 1.92 bits per heavy atom. The third-order valence-electron chi connectivity index (χ3n) is 3.07. The molecule has 1 aromatic rings. The molecule has 0 unspecified atom stereocenters. The van der Waals surface area contributed by atoms with E-state index in [9.17, 15) is 8.42 Å². The van der Waals surface area contributed by atoms with Crippen molar-refractivity contribution in [3.05, 3.63) is 18.2 Å². The van der Waals surface area contributed by atoms with Crippen molar-refractivity contribution < 1.29 is 17.9 Å².